The molecule has 134 valence electrons. The number of hydrogen-bond donors (Lipinski definition) is 1. The lowest BCUT2D eigenvalue weighted by Crippen LogP contribution is -2.41. The summed E-state index contributed by atoms with van der Waals surface area (Å²) >= 11 is 0. The maximum atomic E-state index is 12.9. The lowest BCUT2D eigenvalue weighted by atomic mass is 9.97. The number of carbonyl (C=O) groups excluding carboxylic acids is 1. The van der Waals surface area contributed by atoms with Crippen molar-refractivity contribution in [3.8, 4) is 0 Å². The van der Waals surface area contributed by atoms with E-state index < -0.39 is 10.0 Å². The van der Waals surface area contributed by atoms with Gasteiger partial charge in [0.1, 0.15) is 6.26 Å². The molecule has 1 aromatic heterocycles. The summed E-state index contributed by atoms with van der Waals surface area (Å²) in [7, 11) is -3.54. The molecule has 1 amide bonds. The molecule has 25 heavy (non-hydrogen) atoms. The summed E-state index contributed by atoms with van der Waals surface area (Å²) in [4.78, 5) is 12.6. The van der Waals surface area contributed by atoms with Crippen LogP contribution in [0.2, 0.25) is 0 Å². The smallest absolute Gasteiger partial charge is 0.243 e. The van der Waals surface area contributed by atoms with Gasteiger partial charge in [-0.05, 0) is 43.9 Å². The highest BCUT2D eigenvalue weighted by molar-refractivity contribution is 7.89. The quantitative estimate of drug-likeness (QED) is 0.900. The Hall–Kier alpha value is -2.19. The van der Waals surface area contributed by atoms with Crippen molar-refractivity contribution in [2.45, 2.75) is 31.6 Å². The van der Waals surface area contributed by atoms with Gasteiger partial charge in [0.05, 0.1) is 4.90 Å². The molecule has 0 saturated carbocycles. The third-order valence-electron chi connectivity index (χ3n) is 4.48. The number of nitrogens with one attached hydrogen (secondary N) is 1. The third kappa shape index (κ3) is 3.74. The van der Waals surface area contributed by atoms with E-state index in [9.17, 15) is 13.2 Å². The standard InChI is InChI=1S/C17H21N3O4S/c1-12-3-4-13(2)15(11-12)25(22,23)20-8-5-14(6-9-20)17(21)18-16-7-10-24-19-16/h3-4,7,10-11,14H,5-6,8-9H2,1-2H3,(H,18,19,21). The number of piperidine rings is 1. The van der Waals surface area contributed by atoms with Gasteiger partial charge in [-0.3, -0.25) is 4.79 Å². The Kier molecular flexibility index (Phi) is 4.91. The van der Waals surface area contributed by atoms with Crippen LogP contribution >= 0.6 is 0 Å². The van der Waals surface area contributed by atoms with E-state index >= 15 is 0 Å². The molecule has 8 heteroatoms. The average molecular weight is 363 g/mol. The van der Waals surface area contributed by atoms with E-state index in [1.807, 2.05) is 19.1 Å². The number of sulfonamides is 1. The fraction of sp³-hybridized carbons (Fsp3) is 0.412. The Bertz CT molecular complexity index is 854. The van der Waals surface area contributed by atoms with E-state index in [0.717, 1.165) is 11.1 Å². The van der Waals surface area contributed by atoms with Crippen LogP contribution in [0.3, 0.4) is 0 Å². The van der Waals surface area contributed by atoms with Crippen molar-refractivity contribution in [2.75, 3.05) is 18.4 Å². The van der Waals surface area contributed by atoms with E-state index in [0.29, 0.717) is 36.6 Å². The number of carbonyl (C=O) groups is 1. The first-order valence-electron chi connectivity index (χ1n) is 8.16. The highest BCUT2D eigenvalue weighted by Gasteiger charge is 2.33. The van der Waals surface area contributed by atoms with Gasteiger partial charge in [-0.2, -0.15) is 4.31 Å². The second-order valence-corrected chi connectivity index (χ2v) is 8.23. The largest absolute Gasteiger partial charge is 0.363 e. The Morgan fingerprint density at radius 2 is 1.96 bits per heavy atom. The normalized spacial score (nSPS) is 16.7. The lowest BCUT2D eigenvalue weighted by molar-refractivity contribution is -0.120. The molecular formula is C17H21N3O4S. The fourth-order valence-electron chi connectivity index (χ4n) is 2.99. The Morgan fingerprint density at radius 3 is 2.60 bits per heavy atom. The highest BCUT2D eigenvalue weighted by atomic mass is 32.2. The fourth-order valence-corrected chi connectivity index (χ4v) is 4.77. The van der Waals surface area contributed by atoms with Gasteiger partial charge >= 0.3 is 0 Å². The van der Waals surface area contributed by atoms with Gasteiger partial charge in [0.25, 0.3) is 0 Å². The zero-order valence-electron chi connectivity index (χ0n) is 14.2. The van der Waals surface area contributed by atoms with Gasteiger partial charge in [-0.25, -0.2) is 8.42 Å². The van der Waals surface area contributed by atoms with Gasteiger partial charge < -0.3 is 9.84 Å². The SMILES string of the molecule is Cc1ccc(C)c(S(=O)(=O)N2CCC(C(=O)Nc3ccon3)CC2)c1. The second-order valence-electron chi connectivity index (χ2n) is 6.32. The van der Waals surface area contributed by atoms with Crippen molar-refractivity contribution in [1.82, 2.24) is 9.46 Å². The third-order valence-corrected chi connectivity index (χ3v) is 6.52. The molecule has 2 aromatic rings. The minimum Gasteiger partial charge on any atom is -0.363 e. The molecule has 0 bridgehead atoms. The molecule has 0 radical (unpaired) electrons. The summed E-state index contributed by atoms with van der Waals surface area (Å²) in [6, 6.07) is 6.99. The summed E-state index contributed by atoms with van der Waals surface area (Å²) < 4.78 is 31.9. The summed E-state index contributed by atoms with van der Waals surface area (Å²) in [5.41, 5.74) is 1.64. The summed E-state index contributed by atoms with van der Waals surface area (Å²) in [6.45, 7) is 4.32. The topological polar surface area (TPSA) is 92.5 Å². The number of hydrogen-bond acceptors (Lipinski definition) is 5. The average Bonchev–Trinajstić information content (AvgIpc) is 3.10. The van der Waals surface area contributed by atoms with Crippen molar-refractivity contribution >= 4 is 21.7 Å². The lowest BCUT2D eigenvalue weighted by Gasteiger charge is -2.30. The van der Waals surface area contributed by atoms with Gasteiger partial charge in [0, 0.05) is 25.1 Å². The van der Waals surface area contributed by atoms with Crippen LogP contribution in [0.15, 0.2) is 39.9 Å². The monoisotopic (exact) mass is 363 g/mol. The van der Waals surface area contributed by atoms with Crippen LogP contribution in [-0.4, -0.2) is 36.9 Å². The molecule has 0 aliphatic carbocycles. The van der Waals surface area contributed by atoms with Crippen LogP contribution in [-0.2, 0) is 14.8 Å². The summed E-state index contributed by atoms with van der Waals surface area (Å²) in [5.74, 6) is -0.0186. The molecule has 1 aromatic carbocycles. The predicted molar refractivity (Wildman–Crippen MR) is 92.5 cm³/mol. The highest BCUT2D eigenvalue weighted by Crippen LogP contribution is 2.27. The van der Waals surface area contributed by atoms with E-state index in [1.165, 1.54) is 10.6 Å². The zero-order chi connectivity index (χ0) is 18.0. The molecule has 0 atom stereocenters. The maximum absolute atomic E-state index is 12.9. The van der Waals surface area contributed by atoms with E-state index in [4.69, 9.17) is 0 Å². The van der Waals surface area contributed by atoms with Gasteiger partial charge in [-0.15, -0.1) is 0 Å². The number of amides is 1. The first kappa shape index (κ1) is 17.6. The maximum Gasteiger partial charge on any atom is 0.243 e. The first-order chi connectivity index (χ1) is 11.9. The van der Waals surface area contributed by atoms with E-state index in [2.05, 4.69) is 15.0 Å². The van der Waals surface area contributed by atoms with Crippen LogP contribution in [0.1, 0.15) is 24.0 Å². The summed E-state index contributed by atoms with van der Waals surface area (Å²) in [5, 5.41) is 6.33. The molecule has 1 aliphatic rings. The number of aromatic nitrogens is 1. The van der Waals surface area contributed by atoms with Gasteiger partial charge in [0.2, 0.25) is 15.9 Å². The molecule has 1 aliphatic heterocycles. The molecule has 2 heterocycles. The Labute approximate surface area is 147 Å². The predicted octanol–water partition coefficient (Wildman–Crippen LogP) is 2.33. The molecule has 1 N–H and O–H groups in total. The van der Waals surface area contributed by atoms with Crippen molar-refractivity contribution in [3.63, 3.8) is 0 Å². The van der Waals surface area contributed by atoms with Gasteiger partial charge in [0.15, 0.2) is 5.82 Å². The first-order valence-corrected chi connectivity index (χ1v) is 9.60. The molecule has 3 rings (SSSR count). The number of nitrogens with zero attached hydrogens (tertiary/aromatic N) is 2. The van der Waals surface area contributed by atoms with Crippen molar-refractivity contribution in [1.29, 1.82) is 0 Å². The van der Waals surface area contributed by atoms with E-state index in [1.54, 1.807) is 19.1 Å². The molecule has 1 fully saturated rings. The van der Waals surface area contributed by atoms with E-state index in [-0.39, 0.29) is 11.8 Å². The Balaban J connectivity index is 1.67. The second kappa shape index (κ2) is 6.97. The van der Waals surface area contributed by atoms with Crippen LogP contribution in [0.4, 0.5) is 5.82 Å². The van der Waals surface area contributed by atoms with Crippen molar-refractivity contribution in [3.05, 3.63) is 41.7 Å². The number of anilines is 1. The summed E-state index contributed by atoms with van der Waals surface area (Å²) in [6.07, 6.45) is 2.34. The van der Waals surface area contributed by atoms with Gasteiger partial charge in [-0.1, -0.05) is 17.3 Å². The minimum atomic E-state index is -3.54. The molecule has 1 saturated heterocycles. The molecule has 0 unspecified atom stereocenters. The molecule has 0 spiro atoms. The van der Waals surface area contributed by atoms with Crippen LogP contribution in [0.25, 0.3) is 0 Å². The van der Waals surface area contributed by atoms with Crippen LogP contribution < -0.4 is 5.32 Å². The number of rotatable bonds is 4. The molecule has 7 nitrogen and oxygen atoms in total. The number of benzene rings is 1. The molecular weight excluding hydrogens is 342 g/mol. The minimum absolute atomic E-state index is 0.155. The Morgan fingerprint density at radius 1 is 1.24 bits per heavy atom. The zero-order valence-corrected chi connectivity index (χ0v) is 15.0. The van der Waals surface area contributed by atoms with Crippen molar-refractivity contribution in [2.24, 2.45) is 5.92 Å². The van der Waals surface area contributed by atoms with Crippen LogP contribution in [0.5, 0.6) is 0 Å². The van der Waals surface area contributed by atoms with Crippen LogP contribution in [0, 0.1) is 19.8 Å². The van der Waals surface area contributed by atoms with Crippen molar-refractivity contribution < 1.29 is 17.7 Å². The number of aryl methyl sites for hydroxylation is 2.